The summed E-state index contributed by atoms with van der Waals surface area (Å²) in [6.07, 6.45) is 2.48. The van der Waals surface area contributed by atoms with Crippen LogP contribution < -0.4 is 5.32 Å². The Labute approximate surface area is 193 Å². The van der Waals surface area contributed by atoms with Crippen LogP contribution in [0.5, 0.6) is 0 Å². The van der Waals surface area contributed by atoms with E-state index in [0.717, 1.165) is 54.9 Å². The third-order valence-corrected chi connectivity index (χ3v) is 6.94. The van der Waals surface area contributed by atoms with Gasteiger partial charge in [0.2, 0.25) is 5.91 Å². The van der Waals surface area contributed by atoms with Crippen molar-refractivity contribution in [1.82, 2.24) is 4.90 Å². The number of nitrogens with zero attached hydrogens (tertiary/aromatic N) is 1. The Morgan fingerprint density at radius 1 is 0.909 bits per heavy atom. The Morgan fingerprint density at radius 2 is 1.58 bits per heavy atom. The van der Waals surface area contributed by atoms with E-state index in [2.05, 4.69) is 10.2 Å². The largest absolute Gasteiger partial charge is 0.326 e. The van der Waals surface area contributed by atoms with E-state index in [-0.39, 0.29) is 24.0 Å². The molecular formula is C28H27FN2O2. The van der Waals surface area contributed by atoms with E-state index in [0.29, 0.717) is 11.5 Å². The average Bonchev–Trinajstić information content (AvgIpc) is 2.86. The predicted octanol–water partition coefficient (Wildman–Crippen LogP) is 5.20. The number of carbonyl (C=O) groups excluding carboxylic acids is 2. The SMILES string of the molecule is O=C(Cc1ccc(-c2ccc(NC(=O)[C@H]3CN4CCC3CC4)cc2)cc1)c1cccc(F)c1. The number of anilines is 1. The Hall–Kier alpha value is -3.31. The monoisotopic (exact) mass is 442 g/mol. The molecule has 0 unspecified atom stereocenters. The molecule has 0 spiro atoms. The molecule has 0 aliphatic carbocycles. The second-order valence-corrected chi connectivity index (χ2v) is 9.12. The highest BCUT2D eigenvalue weighted by Crippen LogP contribution is 2.33. The number of halogens is 1. The molecule has 1 amide bonds. The summed E-state index contributed by atoms with van der Waals surface area (Å²) >= 11 is 0. The summed E-state index contributed by atoms with van der Waals surface area (Å²) in [7, 11) is 0. The molecule has 0 saturated carbocycles. The van der Waals surface area contributed by atoms with Gasteiger partial charge in [-0.3, -0.25) is 9.59 Å². The van der Waals surface area contributed by atoms with Gasteiger partial charge in [0.1, 0.15) is 5.82 Å². The normalized spacial score (nSPS) is 21.5. The number of ketones is 1. The summed E-state index contributed by atoms with van der Waals surface area (Å²) in [4.78, 5) is 27.6. The average molecular weight is 443 g/mol. The zero-order valence-corrected chi connectivity index (χ0v) is 18.5. The summed E-state index contributed by atoms with van der Waals surface area (Å²) in [6, 6.07) is 21.5. The number of amides is 1. The van der Waals surface area contributed by atoms with Crippen LogP contribution in [-0.4, -0.2) is 36.2 Å². The van der Waals surface area contributed by atoms with Gasteiger partial charge in [0.25, 0.3) is 0 Å². The van der Waals surface area contributed by atoms with Gasteiger partial charge >= 0.3 is 0 Å². The Morgan fingerprint density at radius 3 is 2.18 bits per heavy atom. The topological polar surface area (TPSA) is 49.4 Å². The van der Waals surface area contributed by atoms with Crippen molar-refractivity contribution in [2.24, 2.45) is 11.8 Å². The fourth-order valence-electron chi connectivity index (χ4n) is 5.01. The smallest absolute Gasteiger partial charge is 0.229 e. The molecule has 3 saturated heterocycles. The van der Waals surface area contributed by atoms with Crippen LogP contribution in [-0.2, 0) is 11.2 Å². The van der Waals surface area contributed by atoms with Gasteiger partial charge in [-0.15, -0.1) is 0 Å². The van der Waals surface area contributed by atoms with Crippen molar-refractivity contribution in [2.75, 3.05) is 25.0 Å². The number of benzene rings is 3. The molecule has 168 valence electrons. The summed E-state index contributed by atoms with van der Waals surface area (Å²) in [6.45, 7) is 3.13. The molecule has 3 aromatic rings. The predicted molar refractivity (Wildman–Crippen MR) is 128 cm³/mol. The van der Waals surface area contributed by atoms with Crippen molar-refractivity contribution in [1.29, 1.82) is 0 Å². The van der Waals surface area contributed by atoms with Crippen molar-refractivity contribution in [2.45, 2.75) is 19.3 Å². The quantitative estimate of drug-likeness (QED) is 0.534. The van der Waals surface area contributed by atoms with Gasteiger partial charge in [0, 0.05) is 24.2 Å². The van der Waals surface area contributed by atoms with E-state index in [4.69, 9.17) is 0 Å². The summed E-state index contributed by atoms with van der Waals surface area (Å²) in [5.74, 6) is 0.227. The Balaban J connectivity index is 1.20. The second-order valence-electron chi connectivity index (χ2n) is 9.12. The molecule has 3 aliphatic rings. The zero-order valence-electron chi connectivity index (χ0n) is 18.5. The standard InChI is InChI=1S/C28H27FN2O2/c29-24-3-1-2-23(17-24)27(32)16-19-4-6-20(7-5-19)21-8-10-25(11-9-21)30-28(33)26-18-31-14-12-22(26)13-15-31/h1-11,17,22,26H,12-16,18H2,(H,30,33)/t26-/m0/s1. The van der Waals surface area contributed by atoms with Crippen LogP contribution in [0.3, 0.4) is 0 Å². The van der Waals surface area contributed by atoms with Crippen molar-refractivity contribution in [3.8, 4) is 11.1 Å². The van der Waals surface area contributed by atoms with Crippen molar-refractivity contribution in [3.05, 3.63) is 89.7 Å². The molecule has 0 radical (unpaired) electrons. The van der Waals surface area contributed by atoms with E-state index < -0.39 is 5.82 Å². The Bertz CT molecular complexity index is 1150. The van der Waals surface area contributed by atoms with Crippen molar-refractivity contribution >= 4 is 17.4 Å². The molecule has 6 rings (SSSR count). The first-order valence-corrected chi connectivity index (χ1v) is 11.6. The molecule has 3 heterocycles. The minimum absolute atomic E-state index is 0.0924. The molecule has 1 N–H and O–H groups in total. The number of hydrogen-bond donors (Lipinski definition) is 1. The van der Waals surface area contributed by atoms with Crippen LogP contribution in [0.1, 0.15) is 28.8 Å². The number of carbonyl (C=O) groups is 2. The maximum Gasteiger partial charge on any atom is 0.229 e. The van der Waals surface area contributed by atoms with Crippen LogP contribution in [0.4, 0.5) is 10.1 Å². The van der Waals surface area contributed by atoms with E-state index in [1.54, 1.807) is 12.1 Å². The third kappa shape index (κ3) is 4.88. The van der Waals surface area contributed by atoms with Gasteiger partial charge in [-0.1, -0.05) is 48.5 Å². The first-order chi connectivity index (χ1) is 16.0. The Kier molecular flexibility index (Phi) is 6.05. The highest BCUT2D eigenvalue weighted by molar-refractivity contribution is 5.97. The number of nitrogens with one attached hydrogen (secondary N) is 1. The van der Waals surface area contributed by atoms with Crippen LogP contribution >= 0.6 is 0 Å². The lowest BCUT2D eigenvalue weighted by atomic mass is 9.78. The van der Waals surface area contributed by atoms with Crippen molar-refractivity contribution < 1.29 is 14.0 Å². The minimum Gasteiger partial charge on any atom is -0.326 e. The molecule has 1 atom stereocenters. The lowest BCUT2D eigenvalue weighted by Crippen LogP contribution is -2.51. The molecular weight excluding hydrogens is 415 g/mol. The van der Waals surface area contributed by atoms with E-state index in [1.165, 1.54) is 12.1 Å². The number of piperidine rings is 3. The van der Waals surface area contributed by atoms with Gasteiger partial charge in [-0.25, -0.2) is 4.39 Å². The van der Waals surface area contributed by atoms with Gasteiger partial charge < -0.3 is 10.2 Å². The van der Waals surface area contributed by atoms with Crippen molar-refractivity contribution in [3.63, 3.8) is 0 Å². The third-order valence-electron chi connectivity index (χ3n) is 6.94. The van der Waals surface area contributed by atoms with Gasteiger partial charge in [-0.05, 0) is 72.8 Å². The number of hydrogen-bond acceptors (Lipinski definition) is 3. The summed E-state index contributed by atoms with van der Waals surface area (Å²) in [5, 5.41) is 3.10. The molecule has 2 bridgehead atoms. The van der Waals surface area contributed by atoms with Crippen LogP contribution in [0.15, 0.2) is 72.8 Å². The molecule has 33 heavy (non-hydrogen) atoms. The van der Waals surface area contributed by atoms with E-state index in [1.807, 2.05) is 48.5 Å². The van der Waals surface area contributed by atoms with Crippen LogP contribution in [0, 0.1) is 17.7 Å². The number of rotatable bonds is 6. The van der Waals surface area contributed by atoms with E-state index >= 15 is 0 Å². The maximum atomic E-state index is 13.4. The summed E-state index contributed by atoms with van der Waals surface area (Å²) in [5.41, 5.74) is 4.16. The maximum absolute atomic E-state index is 13.4. The first kappa shape index (κ1) is 21.5. The lowest BCUT2D eigenvalue weighted by Gasteiger charge is -2.43. The lowest BCUT2D eigenvalue weighted by molar-refractivity contribution is -0.125. The van der Waals surface area contributed by atoms with Gasteiger partial charge in [-0.2, -0.15) is 0 Å². The summed E-state index contributed by atoms with van der Waals surface area (Å²) < 4.78 is 13.4. The highest BCUT2D eigenvalue weighted by Gasteiger charge is 2.38. The highest BCUT2D eigenvalue weighted by atomic mass is 19.1. The van der Waals surface area contributed by atoms with E-state index in [9.17, 15) is 14.0 Å². The molecule has 5 heteroatoms. The first-order valence-electron chi connectivity index (χ1n) is 11.6. The second kappa shape index (κ2) is 9.28. The minimum atomic E-state index is -0.403. The molecule has 3 fully saturated rings. The zero-order chi connectivity index (χ0) is 22.8. The van der Waals surface area contributed by atoms with Gasteiger partial charge in [0.15, 0.2) is 5.78 Å². The fraction of sp³-hybridized carbons (Fsp3) is 0.286. The fourth-order valence-corrected chi connectivity index (χ4v) is 5.01. The molecule has 3 aliphatic heterocycles. The van der Waals surface area contributed by atoms with Gasteiger partial charge in [0.05, 0.1) is 5.92 Å². The number of fused-ring (bicyclic) bond motifs is 3. The number of Topliss-reactive ketones (excluding diaryl/α,β-unsaturated/α-hetero) is 1. The van der Waals surface area contributed by atoms with Crippen LogP contribution in [0.25, 0.3) is 11.1 Å². The molecule has 4 nitrogen and oxygen atoms in total. The van der Waals surface area contributed by atoms with Crippen LogP contribution in [0.2, 0.25) is 0 Å². The molecule has 0 aromatic heterocycles. The molecule has 3 aromatic carbocycles.